The van der Waals surface area contributed by atoms with E-state index in [1.165, 1.54) is 16.3 Å². The Morgan fingerprint density at radius 3 is 2.64 bits per heavy atom. The topological polar surface area (TPSA) is 74.6 Å². The third kappa shape index (κ3) is 2.26. The van der Waals surface area contributed by atoms with Crippen LogP contribution in [0.1, 0.15) is 22.7 Å². The molecule has 1 atom stereocenters. The summed E-state index contributed by atoms with van der Waals surface area (Å²) in [6, 6.07) is 0.966. The monoisotopic (exact) mass is 367 g/mol. The fourth-order valence-electron chi connectivity index (χ4n) is 3.46. The van der Waals surface area contributed by atoms with Crippen molar-refractivity contribution in [3.05, 3.63) is 33.5 Å². The predicted molar refractivity (Wildman–Crippen MR) is 90.7 cm³/mol. The van der Waals surface area contributed by atoms with E-state index in [-0.39, 0.29) is 27.0 Å². The highest BCUT2D eigenvalue weighted by molar-refractivity contribution is 8.00. The number of nitrogens with one attached hydrogen (secondary N) is 1. The van der Waals surface area contributed by atoms with Gasteiger partial charge in [0.25, 0.3) is 0 Å². The molecule has 3 heterocycles. The van der Waals surface area contributed by atoms with Crippen molar-refractivity contribution in [3.63, 3.8) is 0 Å². The molecule has 9 heteroatoms. The Balaban J connectivity index is 2.06. The quantitative estimate of drug-likeness (QED) is 0.846. The van der Waals surface area contributed by atoms with E-state index >= 15 is 4.39 Å². The van der Waals surface area contributed by atoms with Crippen molar-refractivity contribution in [1.82, 2.24) is 9.88 Å². The van der Waals surface area contributed by atoms with Crippen molar-refractivity contribution < 1.29 is 18.7 Å². The van der Waals surface area contributed by atoms with Gasteiger partial charge in [0.15, 0.2) is 5.82 Å². The third-order valence-electron chi connectivity index (χ3n) is 4.61. The van der Waals surface area contributed by atoms with Crippen LogP contribution < -0.4 is 15.6 Å². The molecular weight excluding hydrogens is 352 g/mol. The molecule has 0 radical (unpaired) electrons. The van der Waals surface area contributed by atoms with Crippen molar-refractivity contribution in [3.8, 4) is 0 Å². The molecule has 132 valence electrons. The van der Waals surface area contributed by atoms with E-state index < -0.39 is 28.6 Å². The third-order valence-corrected chi connectivity index (χ3v) is 5.78. The standard InChI is InChI=1S/C16H15F2N3O3S/c1-7-21-12-8(14(22)10(16(23)24)15(21)25-7)6-9(17)13(11(12)18)20-4-2-19-3-5-20/h6-7,19H,2-5H2,1H3,(H,23,24). The minimum Gasteiger partial charge on any atom is -0.477 e. The van der Waals surface area contributed by atoms with Crippen LogP contribution in [0.15, 0.2) is 15.9 Å². The molecule has 0 saturated carbocycles. The second-order valence-corrected chi connectivity index (χ2v) is 7.36. The average Bonchev–Trinajstić information content (AvgIpc) is 2.56. The van der Waals surface area contributed by atoms with Crippen LogP contribution in [-0.2, 0) is 0 Å². The molecule has 25 heavy (non-hydrogen) atoms. The number of halogens is 2. The Morgan fingerprint density at radius 2 is 2.04 bits per heavy atom. The molecule has 0 bridgehead atoms. The van der Waals surface area contributed by atoms with Gasteiger partial charge in [0, 0.05) is 26.2 Å². The number of rotatable bonds is 2. The van der Waals surface area contributed by atoms with Crippen molar-refractivity contribution >= 4 is 34.3 Å². The van der Waals surface area contributed by atoms with Gasteiger partial charge in [-0.3, -0.25) is 4.79 Å². The number of thioether (sulfide) groups is 1. The number of nitrogens with zero attached hydrogens (tertiary/aromatic N) is 2. The highest BCUT2D eigenvalue weighted by atomic mass is 32.2. The summed E-state index contributed by atoms with van der Waals surface area (Å²) in [5, 5.41) is 12.2. The van der Waals surface area contributed by atoms with Gasteiger partial charge in [-0.25, -0.2) is 13.6 Å². The second kappa shape index (κ2) is 5.70. The number of pyridine rings is 1. The molecule has 1 aromatic heterocycles. The summed E-state index contributed by atoms with van der Waals surface area (Å²) in [5.41, 5.74) is -1.46. The molecular formula is C16H15F2N3O3S. The first-order valence-corrected chi connectivity index (χ1v) is 8.75. The lowest BCUT2D eigenvalue weighted by Gasteiger charge is -2.34. The zero-order valence-corrected chi connectivity index (χ0v) is 14.1. The minimum atomic E-state index is -1.39. The maximum absolute atomic E-state index is 15.3. The molecule has 1 aromatic carbocycles. The van der Waals surface area contributed by atoms with Crippen molar-refractivity contribution in [2.45, 2.75) is 17.3 Å². The molecule has 4 rings (SSSR count). The summed E-state index contributed by atoms with van der Waals surface area (Å²) in [5.74, 6) is -3.04. The molecule has 1 saturated heterocycles. The molecule has 1 fully saturated rings. The number of piperazine rings is 1. The average molecular weight is 367 g/mol. The summed E-state index contributed by atoms with van der Waals surface area (Å²) >= 11 is 1.19. The molecule has 2 aliphatic heterocycles. The summed E-state index contributed by atoms with van der Waals surface area (Å²) in [6.45, 7) is 3.90. The van der Waals surface area contributed by atoms with Crippen LogP contribution in [0.25, 0.3) is 10.9 Å². The van der Waals surface area contributed by atoms with E-state index in [9.17, 15) is 19.1 Å². The second-order valence-electron chi connectivity index (χ2n) is 6.06. The Morgan fingerprint density at radius 1 is 1.36 bits per heavy atom. The van der Waals surface area contributed by atoms with Gasteiger partial charge in [-0.15, -0.1) is 0 Å². The number of hydrogen-bond donors (Lipinski definition) is 2. The van der Waals surface area contributed by atoms with Crippen LogP contribution in [0.5, 0.6) is 0 Å². The molecule has 0 aliphatic carbocycles. The largest absolute Gasteiger partial charge is 0.477 e. The maximum atomic E-state index is 15.3. The van der Waals surface area contributed by atoms with Gasteiger partial charge in [0.2, 0.25) is 5.43 Å². The fourth-order valence-corrected chi connectivity index (χ4v) is 4.60. The number of aromatic carboxylic acids is 1. The molecule has 6 nitrogen and oxygen atoms in total. The highest BCUT2D eigenvalue weighted by Gasteiger charge is 2.35. The van der Waals surface area contributed by atoms with Gasteiger partial charge in [-0.2, -0.15) is 0 Å². The summed E-state index contributed by atoms with van der Waals surface area (Å²) in [4.78, 5) is 25.6. The van der Waals surface area contributed by atoms with Crippen LogP contribution in [-0.4, -0.2) is 41.8 Å². The molecule has 2 aromatic rings. The van der Waals surface area contributed by atoms with Crippen LogP contribution >= 0.6 is 11.8 Å². The van der Waals surface area contributed by atoms with E-state index in [1.807, 2.05) is 0 Å². The van der Waals surface area contributed by atoms with Crippen molar-refractivity contribution in [2.75, 3.05) is 31.1 Å². The summed E-state index contributed by atoms with van der Waals surface area (Å²) in [7, 11) is 0. The number of hydrogen-bond acceptors (Lipinski definition) is 5. The Hall–Kier alpha value is -2.13. The van der Waals surface area contributed by atoms with E-state index in [1.54, 1.807) is 11.8 Å². The van der Waals surface area contributed by atoms with Gasteiger partial charge < -0.3 is 19.9 Å². The number of carboxylic acids is 1. The van der Waals surface area contributed by atoms with Gasteiger partial charge in [0.1, 0.15) is 17.1 Å². The molecule has 0 amide bonds. The number of carbonyl (C=O) groups is 1. The molecule has 2 N–H and O–H groups in total. The maximum Gasteiger partial charge on any atom is 0.342 e. The zero-order valence-electron chi connectivity index (χ0n) is 13.3. The van der Waals surface area contributed by atoms with E-state index in [0.29, 0.717) is 26.2 Å². The summed E-state index contributed by atoms with van der Waals surface area (Å²) in [6.07, 6.45) is 0. The smallest absolute Gasteiger partial charge is 0.342 e. The van der Waals surface area contributed by atoms with Gasteiger partial charge >= 0.3 is 5.97 Å². The minimum absolute atomic E-state index is 0.0221. The zero-order chi connectivity index (χ0) is 17.9. The van der Waals surface area contributed by atoms with Crippen LogP contribution in [0.4, 0.5) is 14.5 Å². The Labute approximate surface area is 145 Å². The molecule has 0 spiro atoms. The van der Waals surface area contributed by atoms with Gasteiger partial charge in [0.05, 0.1) is 21.3 Å². The number of benzene rings is 1. The first-order chi connectivity index (χ1) is 11.9. The Kier molecular flexibility index (Phi) is 3.73. The predicted octanol–water partition coefficient (Wildman–Crippen LogP) is 2.01. The van der Waals surface area contributed by atoms with Crippen molar-refractivity contribution in [2.24, 2.45) is 0 Å². The van der Waals surface area contributed by atoms with Crippen LogP contribution in [0, 0.1) is 11.6 Å². The number of carboxylic acid groups (broad SMARTS) is 1. The number of fused-ring (bicyclic) bond motifs is 3. The number of anilines is 1. The molecule has 1 unspecified atom stereocenters. The molecule has 2 aliphatic rings. The van der Waals surface area contributed by atoms with Crippen LogP contribution in [0.2, 0.25) is 0 Å². The SMILES string of the molecule is CC1Sc2c(C(=O)O)c(=O)c3cc(F)c(N4CCNCC4)c(F)c3n21. The number of aromatic nitrogens is 1. The van der Waals surface area contributed by atoms with E-state index in [4.69, 9.17) is 0 Å². The lowest BCUT2D eigenvalue weighted by atomic mass is 10.1. The van der Waals surface area contributed by atoms with E-state index in [0.717, 1.165) is 6.07 Å². The normalized spacial score (nSPS) is 19.6. The first-order valence-electron chi connectivity index (χ1n) is 7.87. The van der Waals surface area contributed by atoms with Gasteiger partial charge in [-0.1, -0.05) is 11.8 Å². The first kappa shape index (κ1) is 16.3. The lowest BCUT2D eigenvalue weighted by molar-refractivity contribution is 0.0689. The van der Waals surface area contributed by atoms with Crippen LogP contribution in [0.3, 0.4) is 0 Å². The van der Waals surface area contributed by atoms with Crippen molar-refractivity contribution in [1.29, 1.82) is 0 Å². The Bertz CT molecular complexity index is 970. The summed E-state index contributed by atoms with van der Waals surface area (Å²) < 4.78 is 31.4. The van der Waals surface area contributed by atoms with E-state index in [2.05, 4.69) is 5.32 Å². The fraction of sp³-hybridized carbons (Fsp3) is 0.375. The van der Waals surface area contributed by atoms with Gasteiger partial charge in [-0.05, 0) is 13.0 Å². The lowest BCUT2D eigenvalue weighted by Crippen LogP contribution is -2.44. The highest BCUT2D eigenvalue weighted by Crippen LogP contribution is 2.47.